The summed E-state index contributed by atoms with van der Waals surface area (Å²) in [6.07, 6.45) is 2.80. The Morgan fingerprint density at radius 1 is 1.15 bits per heavy atom. The van der Waals surface area contributed by atoms with Gasteiger partial charge in [-0.3, -0.25) is 19.1 Å². The van der Waals surface area contributed by atoms with E-state index in [0.29, 0.717) is 48.7 Å². The predicted octanol–water partition coefficient (Wildman–Crippen LogP) is 2.62. The second-order valence-electron chi connectivity index (χ2n) is 8.25. The number of ether oxygens (including phenoxy) is 2. The summed E-state index contributed by atoms with van der Waals surface area (Å²) in [6.45, 7) is 3.72. The van der Waals surface area contributed by atoms with Crippen molar-refractivity contribution in [1.29, 1.82) is 0 Å². The van der Waals surface area contributed by atoms with Gasteiger partial charge >= 0.3 is 0 Å². The summed E-state index contributed by atoms with van der Waals surface area (Å²) in [6, 6.07) is 13.1. The maximum absolute atomic E-state index is 13.1. The maximum atomic E-state index is 13.1. The summed E-state index contributed by atoms with van der Waals surface area (Å²) in [4.78, 5) is 32.4. The fourth-order valence-electron chi connectivity index (χ4n) is 4.30. The van der Waals surface area contributed by atoms with Gasteiger partial charge in [0.2, 0.25) is 5.91 Å². The minimum atomic E-state index is -0.0887. The van der Waals surface area contributed by atoms with Gasteiger partial charge in [0, 0.05) is 25.3 Å². The van der Waals surface area contributed by atoms with Crippen LogP contribution in [0.15, 0.2) is 47.3 Å². The second kappa shape index (κ2) is 9.17. The first-order valence-corrected chi connectivity index (χ1v) is 11.1. The van der Waals surface area contributed by atoms with Gasteiger partial charge < -0.3 is 14.8 Å². The number of methoxy groups -OCH3 is 1. The molecule has 1 saturated heterocycles. The monoisotopic (exact) mass is 446 g/mol. The van der Waals surface area contributed by atoms with E-state index in [0.717, 1.165) is 36.4 Å². The van der Waals surface area contributed by atoms with Gasteiger partial charge in [0.05, 0.1) is 37.8 Å². The molecule has 1 N–H and O–H groups in total. The lowest BCUT2D eigenvalue weighted by Crippen LogP contribution is -2.41. The molecule has 0 saturated carbocycles. The van der Waals surface area contributed by atoms with E-state index in [2.05, 4.69) is 16.3 Å². The molecule has 1 aromatic heterocycles. The number of carbonyl (C=O) groups is 1. The smallest absolute Gasteiger partial charge is 0.261 e. The Morgan fingerprint density at radius 2 is 1.94 bits per heavy atom. The summed E-state index contributed by atoms with van der Waals surface area (Å²) in [5.41, 5.74) is 3.20. The molecule has 0 unspecified atom stereocenters. The molecular weight excluding hydrogens is 420 g/mol. The fourth-order valence-corrected chi connectivity index (χ4v) is 4.30. The van der Waals surface area contributed by atoms with Crippen molar-refractivity contribution in [1.82, 2.24) is 14.5 Å². The Morgan fingerprint density at radius 3 is 2.70 bits per heavy atom. The number of hydrogen-bond donors (Lipinski definition) is 1. The summed E-state index contributed by atoms with van der Waals surface area (Å²) in [5, 5.41) is 3.49. The minimum Gasteiger partial charge on any atom is -0.497 e. The fraction of sp³-hybridized carbons (Fsp3) is 0.320. The Labute approximate surface area is 191 Å². The number of hydrogen-bond acceptors (Lipinski definition) is 6. The van der Waals surface area contributed by atoms with Crippen molar-refractivity contribution in [2.75, 3.05) is 45.3 Å². The number of nitrogens with zero attached hydrogens (tertiary/aromatic N) is 3. The zero-order valence-electron chi connectivity index (χ0n) is 18.5. The van der Waals surface area contributed by atoms with Gasteiger partial charge in [-0.05, 0) is 54.0 Å². The van der Waals surface area contributed by atoms with Crippen LogP contribution in [0.5, 0.6) is 5.75 Å². The number of rotatable bonds is 5. The van der Waals surface area contributed by atoms with Crippen molar-refractivity contribution in [3.05, 3.63) is 64.2 Å². The Hall–Kier alpha value is -3.49. The largest absolute Gasteiger partial charge is 0.497 e. The van der Waals surface area contributed by atoms with E-state index in [4.69, 9.17) is 14.5 Å². The van der Waals surface area contributed by atoms with Crippen molar-refractivity contribution >= 4 is 34.1 Å². The van der Waals surface area contributed by atoms with Crippen LogP contribution in [0.2, 0.25) is 0 Å². The van der Waals surface area contributed by atoms with Crippen LogP contribution in [-0.2, 0) is 16.1 Å². The SMILES string of the molecule is COc1ccc(C=C2CCn3c2nc2cc(NC(=O)CN4CCOCC4)ccc2c3=O)cc1. The number of fused-ring (bicyclic) bond motifs is 2. The highest BCUT2D eigenvalue weighted by atomic mass is 16.5. The van der Waals surface area contributed by atoms with E-state index < -0.39 is 0 Å². The molecule has 170 valence electrons. The minimum absolute atomic E-state index is 0.0562. The quantitative estimate of drug-likeness (QED) is 0.649. The zero-order valence-corrected chi connectivity index (χ0v) is 18.5. The first kappa shape index (κ1) is 21.4. The molecule has 3 heterocycles. The molecule has 1 amide bonds. The van der Waals surface area contributed by atoms with Crippen LogP contribution < -0.4 is 15.6 Å². The topological polar surface area (TPSA) is 85.7 Å². The van der Waals surface area contributed by atoms with Gasteiger partial charge in [-0.2, -0.15) is 0 Å². The van der Waals surface area contributed by atoms with Crippen LogP contribution in [0.25, 0.3) is 22.6 Å². The third kappa shape index (κ3) is 4.53. The zero-order chi connectivity index (χ0) is 22.8. The van der Waals surface area contributed by atoms with Crippen molar-refractivity contribution < 1.29 is 14.3 Å². The lowest BCUT2D eigenvalue weighted by molar-refractivity contribution is -0.118. The van der Waals surface area contributed by atoms with Gasteiger partial charge in [0.1, 0.15) is 11.6 Å². The van der Waals surface area contributed by atoms with Gasteiger partial charge in [0.25, 0.3) is 5.56 Å². The van der Waals surface area contributed by atoms with Crippen molar-refractivity contribution in [3.8, 4) is 5.75 Å². The molecule has 2 aliphatic heterocycles. The molecule has 2 aliphatic rings. The Kier molecular flexibility index (Phi) is 5.93. The molecule has 5 rings (SSSR count). The average molecular weight is 447 g/mol. The number of aromatic nitrogens is 2. The number of benzene rings is 2. The van der Waals surface area contributed by atoms with Gasteiger partial charge in [-0.25, -0.2) is 4.98 Å². The Balaban J connectivity index is 1.41. The molecule has 3 aromatic rings. The Bertz CT molecular complexity index is 1270. The van der Waals surface area contributed by atoms with E-state index >= 15 is 0 Å². The number of carbonyl (C=O) groups excluding carboxylic acids is 1. The molecule has 1 fully saturated rings. The first-order chi connectivity index (χ1) is 16.1. The van der Waals surface area contributed by atoms with Gasteiger partial charge in [0.15, 0.2) is 0 Å². The third-order valence-corrected chi connectivity index (χ3v) is 6.06. The number of nitrogens with one attached hydrogen (secondary N) is 1. The van der Waals surface area contributed by atoms with Gasteiger partial charge in [-0.15, -0.1) is 0 Å². The molecule has 33 heavy (non-hydrogen) atoms. The van der Waals surface area contributed by atoms with Gasteiger partial charge in [-0.1, -0.05) is 12.1 Å². The highest BCUT2D eigenvalue weighted by molar-refractivity contribution is 5.95. The molecule has 0 spiro atoms. The normalized spacial score (nSPS) is 17.3. The highest BCUT2D eigenvalue weighted by Gasteiger charge is 2.21. The summed E-state index contributed by atoms with van der Waals surface area (Å²) in [7, 11) is 1.64. The van der Waals surface area contributed by atoms with Crippen LogP contribution in [-0.4, -0.2) is 60.3 Å². The molecule has 8 nitrogen and oxygen atoms in total. The molecule has 0 bridgehead atoms. The molecule has 8 heteroatoms. The summed E-state index contributed by atoms with van der Waals surface area (Å²) in [5.74, 6) is 1.39. The highest BCUT2D eigenvalue weighted by Crippen LogP contribution is 2.28. The number of anilines is 1. The number of morpholine rings is 1. The average Bonchev–Trinajstić information content (AvgIpc) is 3.23. The molecule has 0 aliphatic carbocycles. The van der Waals surface area contributed by atoms with E-state index in [9.17, 15) is 9.59 Å². The van der Waals surface area contributed by atoms with E-state index in [-0.39, 0.29) is 11.5 Å². The maximum Gasteiger partial charge on any atom is 0.261 e. The standard InChI is InChI=1S/C25H26N4O4/c1-32-20-5-2-17(3-6-20)14-18-8-9-29-24(18)27-22-15-19(4-7-21(22)25(29)31)26-23(30)16-28-10-12-33-13-11-28/h2-7,14-15H,8-13,16H2,1H3,(H,26,30). The summed E-state index contributed by atoms with van der Waals surface area (Å²) >= 11 is 0. The third-order valence-electron chi connectivity index (χ3n) is 6.06. The van der Waals surface area contributed by atoms with E-state index in [1.807, 2.05) is 24.3 Å². The lowest BCUT2D eigenvalue weighted by Gasteiger charge is -2.25. The van der Waals surface area contributed by atoms with E-state index in [1.165, 1.54) is 0 Å². The number of amides is 1. The second-order valence-corrected chi connectivity index (χ2v) is 8.25. The molecule has 0 atom stereocenters. The van der Waals surface area contributed by atoms with Crippen molar-refractivity contribution in [2.24, 2.45) is 0 Å². The number of allylic oxidation sites excluding steroid dienone is 1. The molecular formula is C25H26N4O4. The van der Waals surface area contributed by atoms with Crippen molar-refractivity contribution in [3.63, 3.8) is 0 Å². The first-order valence-electron chi connectivity index (χ1n) is 11.1. The van der Waals surface area contributed by atoms with Crippen LogP contribution in [0.1, 0.15) is 17.8 Å². The predicted molar refractivity (Wildman–Crippen MR) is 127 cm³/mol. The van der Waals surface area contributed by atoms with Crippen LogP contribution in [0.3, 0.4) is 0 Å². The van der Waals surface area contributed by atoms with E-state index in [1.54, 1.807) is 29.9 Å². The van der Waals surface area contributed by atoms with Crippen LogP contribution in [0, 0.1) is 0 Å². The lowest BCUT2D eigenvalue weighted by atomic mass is 10.1. The van der Waals surface area contributed by atoms with Crippen LogP contribution in [0.4, 0.5) is 5.69 Å². The van der Waals surface area contributed by atoms with Crippen LogP contribution >= 0.6 is 0 Å². The molecule has 0 radical (unpaired) electrons. The van der Waals surface area contributed by atoms with Crippen molar-refractivity contribution in [2.45, 2.75) is 13.0 Å². The summed E-state index contributed by atoms with van der Waals surface area (Å²) < 4.78 is 12.3. The molecule has 2 aromatic carbocycles.